The van der Waals surface area contributed by atoms with E-state index in [1.807, 2.05) is 31.2 Å². The second-order valence-electron chi connectivity index (χ2n) is 4.46. The molecule has 0 saturated heterocycles. The largest absolute Gasteiger partial charge is 0.457 e. The zero-order chi connectivity index (χ0) is 14.7. The zero-order valence-corrected chi connectivity index (χ0v) is 12.0. The van der Waals surface area contributed by atoms with E-state index < -0.39 is 0 Å². The van der Waals surface area contributed by atoms with Crippen LogP contribution in [-0.2, 0) is 6.61 Å². The summed E-state index contributed by atoms with van der Waals surface area (Å²) in [5, 5.41) is 8.59. The Labute approximate surface area is 126 Å². The van der Waals surface area contributed by atoms with Crippen molar-refractivity contribution in [2.75, 3.05) is 0 Å². The molecule has 1 aromatic carbocycles. The van der Waals surface area contributed by atoms with Crippen LogP contribution >= 0.6 is 11.6 Å². The summed E-state index contributed by atoms with van der Waals surface area (Å²) in [6.45, 7) is 2.28. The third-order valence-corrected chi connectivity index (χ3v) is 2.98. The number of nitrogens with zero attached hydrogens (tertiary/aromatic N) is 5. The summed E-state index contributed by atoms with van der Waals surface area (Å²) in [7, 11) is 0. The molecule has 0 amide bonds. The van der Waals surface area contributed by atoms with E-state index in [0.29, 0.717) is 10.7 Å². The van der Waals surface area contributed by atoms with Crippen LogP contribution in [0.1, 0.15) is 11.3 Å². The normalized spacial score (nSPS) is 10.6. The number of aryl methyl sites for hydroxylation is 1. The fraction of sp³-hybridized carbons (Fsp3) is 0.143. The molecule has 6 nitrogen and oxygen atoms in total. The molecule has 0 fully saturated rings. The lowest BCUT2D eigenvalue weighted by Crippen LogP contribution is -1.99. The van der Waals surface area contributed by atoms with Crippen molar-refractivity contribution in [3.8, 4) is 11.7 Å². The molecule has 3 rings (SSSR count). The van der Waals surface area contributed by atoms with Crippen LogP contribution in [0.25, 0.3) is 5.69 Å². The Balaban J connectivity index is 1.67. The lowest BCUT2D eigenvalue weighted by atomic mass is 10.2. The minimum absolute atomic E-state index is 0.244. The first-order valence-electron chi connectivity index (χ1n) is 6.29. The van der Waals surface area contributed by atoms with E-state index in [4.69, 9.17) is 16.3 Å². The van der Waals surface area contributed by atoms with E-state index in [2.05, 4.69) is 20.3 Å². The second kappa shape index (κ2) is 5.88. The Morgan fingerprint density at radius 1 is 1.14 bits per heavy atom. The SMILES string of the molecule is Cc1ccc(-n2cc(COc3ncc(Cl)cn3)nn2)cc1. The molecule has 21 heavy (non-hydrogen) atoms. The second-order valence-corrected chi connectivity index (χ2v) is 4.90. The Hall–Kier alpha value is -2.47. The van der Waals surface area contributed by atoms with Crippen LogP contribution in [0, 0.1) is 6.92 Å². The van der Waals surface area contributed by atoms with Gasteiger partial charge in [-0.3, -0.25) is 0 Å². The van der Waals surface area contributed by atoms with Gasteiger partial charge in [-0.05, 0) is 19.1 Å². The maximum atomic E-state index is 5.70. The minimum atomic E-state index is 0.244. The molecule has 106 valence electrons. The first kappa shape index (κ1) is 13.5. The molecule has 0 unspecified atom stereocenters. The molecule has 2 aromatic heterocycles. The molecule has 0 N–H and O–H groups in total. The molecule has 0 radical (unpaired) electrons. The molecular formula is C14H12ClN5O. The predicted octanol–water partition coefficient (Wildman–Crippen LogP) is 2.60. The fourth-order valence-electron chi connectivity index (χ4n) is 1.70. The van der Waals surface area contributed by atoms with Crippen LogP contribution in [0.15, 0.2) is 42.9 Å². The number of benzene rings is 1. The van der Waals surface area contributed by atoms with Crippen molar-refractivity contribution in [2.45, 2.75) is 13.5 Å². The zero-order valence-electron chi connectivity index (χ0n) is 11.3. The molecule has 3 aromatic rings. The van der Waals surface area contributed by atoms with Gasteiger partial charge in [-0.25, -0.2) is 14.6 Å². The van der Waals surface area contributed by atoms with Gasteiger partial charge >= 0.3 is 6.01 Å². The van der Waals surface area contributed by atoms with Gasteiger partial charge in [0, 0.05) is 0 Å². The smallest absolute Gasteiger partial charge is 0.316 e. The van der Waals surface area contributed by atoms with Gasteiger partial charge in [0.25, 0.3) is 0 Å². The van der Waals surface area contributed by atoms with E-state index in [1.54, 1.807) is 10.9 Å². The number of rotatable bonds is 4. The van der Waals surface area contributed by atoms with Gasteiger partial charge in [0.2, 0.25) is 0 Å². The van der Waals surface area contributed by atoms with E-state index in [0.717, 1.165) is 5.69 Å². The van der Waals surface area contributed by atoms with E-state index in [-0.39, 0.29) is 12.6 Å². The van der Waals surface area contributed by atoms with Gasteiger partial charge in [-0.2, -0.15) is 0 Å². The number of halogens is 1. The molecular weight excluding hydrogens is 290 g/mol. The Bertz CT molecular complexity index is 724. The van der Waals surface area contributed by atoms with Crippen LogP contribution in [0.3, 0.4) is 0 Å². The summed E-state index contributed by atoms with van der Waals surface area (Å²) >= 11 is 5.70. The van der Waals surface area contributed by atoms with E-state index in [1.165, 1.54) is 18.0 Å². The van der Waals surface area contributed by atoms with Crippen molar-refractivity contribution in [3.05, 3.63) is 59.1 Å². The Morgan fingerprint density at radius 2 is 1.86 bits per heavy atom. The summed E-state index contributed by atoms with van der Waals surface area (Å²) in [6.07, 6.45) is 4.76. The molecule has 0 aliphatic rings. The molecule has 0 saturated carbocycles. The summed E-state index contributed by atoms with van der Waals surface area (Å²) in [5.41, 5.74) is 2.83. The summed E-state index contributed by atoms with van der Waals surface area (Å²) in [4.78, 5) is 7.90. The van der Waals surface area contributed by atoms with Gasteiger partial charge in [0.05, 0.1) is 29.3 Å². The maximum absolute atomic E-state index is 5.70. The standard InChI is InChI=1S/C14H12ClN5O/c1-10-2-4-13(5-3-10)20-8-12(18-19-20)9-21-14-16-6-11(15)7-17-14/h2-8H,9H2,1H3. The highest BCUT2D eigenvalue weighted by molar-refractivity contribution is 6.30. The highest BCUT2D eigenvalue weighted by Crippen LogP contribution is 2.11. The van der Waals surface area contributed by atoms with Crippen LogP contribution < -0.4 is 4.74 Å². The number of ether oxygens (including phenoxy) is 1. The fourth-order valence-corrected chi connectivity index (χ4v) is 1.80. The summed E-state index contributed by atoms with van der Waals surface area (Å²) in [6, 6.07) is 8.27. The number of hydrogen-bond donors (Lipinski definition) is 0. The summed E-state index contributed by atoms with van der Waals surface area (Å²) in [5.74, 6) is 0. The molecule has 0 aliphatic carbocycles. The quantitative estimate of drug-likeness (QED) is 0.741. The van der Waals surface area contributed by atoms with Crippen molar-refractivity contribution in [1.82, 2.24) is 25.0 Å². The highest BCUT2D eigenvalue weighted by atomic mass is 35.5. The topological polar surface area (TPSA) is 65.7 Å². The van der Waals surface area contributed by atoms with Crippen molar-refractivity contribution < 1.29 is 4.74 Å². The number of aromatic nitrogens is 5. The average molecular weight is 302 g/mol. The first-order chi connectivity index (χ1) is 10.2. The minimum Gasteiger partial charge on any atom is -0.457 e. The maximum Gasteiger partial charge on any atom is 0.316 e. The van der Waals surface area contributed by atoms with Crippen molar-refractivity contribution >= 4 is 11.6 Å². The average Bonchev–Trinajstić information content (AvgIpc) is 2.96. The van der Waals surface area contributed by atoms with Crippen LogP contribution in [0.4, 0.5) is 0 Å². The van der Waals surface area contributed by atoms with Crippen LogP contribution in [-0.4, -0.2) is 25.0 Å². The van der Waals surface area contributed by atoms with Gasteiger partial charge in [0.1, 0.15) is 12.3 Å². The lowest BCUT2D eigenvalue weighted by molar-refractivity contribution is 0.276. The third kappa shape index (κ3) is 3.35. The molecule has 0 aliphatic heterocycles. The molecule has 7 heteroatoms. The third-order valence-electron chi connectivity index (χ3n) is 2.79. The van der Waals surface area contributed by atoms with Gasteiger partial charge in [0.15, 0.2) is 0 Å². The predicted molar refractivity (Wildman–Crippen MR) is 77.5 cm³/mol. The molecule has 0 spiro atoms. The summed E-state index contributed by atoms with van der Waals surface area (Å²) < 4.78 is 7.11. The molecule has 2 heterocycles. The monoisotopic (exact) mass is 301 g/mol. The van der Waals surface area contributed by atoms with Crippen LogP contribution in [0.5, 0.6) is 6.01 Å². The van der Waals surface area contributed by atoms with Crippen molar-refractivity contribution in [2.24, 2.45) is 0 Å². The molecule has 0 atom stereocenters. The van der Waals surface area contributed by atoms with Crippen LogP contribution in [0.2, 0.25) is 5.02 Å². The van der Waals surface area contributed by atoms with E-state index >= 15 is 0 Å². The van der Waals surface area contributed by atoms with Gasteiger partial charge in [-0.1, -0.05) is 34.5 Å². The lowest BCUT2D eigenvalue weighted by Gasteiger charge is -2.01. The Morgan fingerprint density at radius 3 is 2.57 bits per heavy atom. The van der Waals surface area contributed by atoms with Crippen molar-refractivity contribution in [1.29, 1.82) is 0 Å². The highest BCUT2D eigenvalue weighted by Gasteiger charge is 2.05. The Kier molecular flexibility index (Phi) is 3.79. The van der Waals surface area contributed by atoms with Crippen molar-refractivity contribution in [3.63, 3.8) is 0 Å². The number of hydrogen-bond acceptors (Lipinski definition) is 5. The first-order valence-corrected chi connectivity index (χ1v) is 6.67. The molecule has 0 bridgehead atoms. The van der Waals surface area contributed by atoms with E-state index in [9.17, 15) is 0 Å². The van der Waals surface area contributed by atoms with Gasteiger partial charge in [-0.15, -0.1) is 5.10 Å². The van der Waals surface area contributed by atoms with Gasteiger partial charge < -0.3 is 4.74 Å².